The fourth-order valence-corrected chi connectivity index (χ4v) is 4.37. The Morgan fingerprint density at radius 1 is 1.24 bits per heavy atom. The molecule has 0 radical (unpaired) electrons. The van der Waals surface area contributed by atoms with Gasteiger partial charge in [-0.1, -0.05) is 48.5 Å². The number of thioether (sulfide) groups is 1. The second-order valence-electron chi connectivity index (χ2n) is 6.93. The van der Waals surface area contributed by atoms with Crippen LogP contribution in [0.15, 0.2) is 47.4 Å². The number of carboxylic acid groups (broad SMARTS) is 1. The highest BCUT2D eigenvalue weighted by molar-refractivity contribution is 8.26. The summed E-state index contributed by atoms with van der Waals surface area (Å²) in [6, 6.07) is 11.4. The van der Waals surface area contributed by atoms with E-state index < -0.39 is 23.9 Å². The summed E-state index contributed by atoms with van der Waals surface area (Å²) in [4.78, 5) is 37.0. The van der Waals surface area contributed by atoms with Crippen molar-refractivity contribution in [3.05, 3.63) is 63.5 Å². The van der Waals surface area contributed by atoms with Crippen molar-refractivity contribution in [3.63, 3.8) is 0 Å². The molecule has 2 N–H and O–H groups in total. The Balaban J connectivity index is 1.81. The molecule has 8 nitrogen and oxygen atoms in total. The number of benzene rings is 2. The number of hydrazine groups is 1. The van der Waals surface area contributed by atoms with Gasteiger partial charge in [-0.2, -0.15) is 5.01 Å². The van der Waals surface area contributed by atoms with Crippen molar-refractivity contribution in [1.82, 2.24) is 10.4 Å². The fraction of sp³-hybridized carbons (Fsp3) is 0.217. The third kappa shape index (κ3) is 5.88. The molecular formula is C23H21ClN2O6S2. The number of hydrogen-bond donors (Lipinski definition) is 2. The Labute approximate surface area is 210 Å². The largest absolute Gasteiger partial charge is 0.490 e. The van der Waals surface area contributed by atoms with Gasteiger partial charge in [-0.15, -0.1) is 0 Å². The number of rotatable bonds is 9. The van der Waals surface area contributed by atoms with Crippen LogP contribution >= 0.6 is 35.6 Å². The maximum Gasteiger partial charge on any atom is 0.344 e. The summed E-state index contributed by atoms with van der Waals surface area (Å²) in [5, 5.41) is 10.5. The number of thiocarbonyl (C=S) groups is 1. The molecule has 1 heterocycles. The first kappa shape index (κ1) is 25.5. The van der Waals surface area contributed by atoms with Crippen LogP contribution in [0.25, 0.3) is 6.08 Å². The standard InChI is InChI=1S/C23H21ClN2O6S2/c1-3-16(22(29)30)32-17-10-9-13(11-18(17)31-4-2)12-19-21(28)26(23(33)34-19)25-20(27)14-7-5-6-8-15(14)24/h5-12,16H,3-4H2,1-2H3,(H,25,27)(H,29,30)/b19-12+. The normalized spacial score (nSPS) is 15.4. The van der Waals surface area contributed by atoms with Gasteiger partial charge in [-0.25, -0.2) is 4.79 Å². The zero-order chi connectivity index (χ0) is 24.8. The highest BCUT2D eigenvalue weighted by Crippen LogP contribution is 2.35. The second kappa shape index (κ2) is 11.4. The predicted octanol–water partition coefficient (Wildman–Crippen LogP) is 4.53. The number of amides is 2. The average molecular weight is 521 g/mol. The van der Waals surface area contributed by atoms with E-state index in [2.05, 4.69) is 5.43 Å². The van der Waals surface area contributed by atoms with Crippen LogP contribution in [0.4, 0.5) is 0 Å². The Morgan fingerprint density at radius 3 is 2.62 bits per heavy atom. The summed E-state index contributed by atoms with van der Waals surface area (Å²) >= 11 is 12.4. The summed E-state index contributed by atoms with van der Waals surface area (Å²) in [6.07, 6.45) is 0.871. The predicted molar refractivity (Wildman–Crippen MR) is 134 cm³/mol. The maximum atomic E-state index is 12.9. The molecule has 1 fully saturated rings. The van der Waals surface area contributed by atoms with Crippen molar-refractivity contribution in [1.29, 1.82) is 0 Å². The Morgan fingerprint density at radius 2 is 1.97 bits per heavy atom. The molecule has 2 aromatic rings. The number of ether oxygens (including phenoxy) is 2. The Kier molecular flexibility index (Phi) is 8.54. The molecule has 0 bridgehead atoms. The van der Waals surface area contributed by atoms with Crippen LogP contribution in [0, 0.1) is 0 Å². The summed E-state index contributed by atoms with van der Waals surface area (Å²) < 4.78 is 11.3. The molecule has 1 aliphatic heterocycles. The molecule has 11 heteroatoms. The van der Waals surface area contributed by atoms with Crippen LogP contribution in [0.2, 0.25) is 5.02 Å². The number of carbonyl (C=O) groups is 3. The van der Waals surface area contributed by atoms with Crippen molar-refractivity contribution >= 4 is 63.8 Å². The van der Waals surface area contributed by atoms with Gasteiger partial charge in [0.15, 0.2) is 21.9 Å². The quantitative estimate of drug-likeness (QED) is 0.367. The van der Waals surface area contributed by atoms with Gasteiger partial charge in [0.1, 0.15) is 0 Å². The summed E-state index contributed by atoms with van der Waals surface area (Å²) in [7, 11) is 0. The Bertz CT molecular complexity index is 1170. The molecule has 0 aliphatic carbocycles. The number of halogens is 1. The molecule has 0 spiro atoms. The van der Waals surface area contributed by atoms with Crippen molar-refractivity contribution in [2.24, 2.45) is 0 Å². The highest BCUT2D eigenvalue weighted by atomic mass is 35.5. The third-order valence-corrected chi connectivity index (χ3v) is 6.24. The molecule has 0 saturated carbocycles. The molecular weight excluding hydrogens is 500 g/mol. The van der Waals surface area contributed by atoms with Crippen molar-refractivity contribution < 1.29 is 29.0 Å². The molecule has 34 heavy (non-hydrogen) atoms. The minimum Gasteiger partial charge on any atom is -0.490 e. The summed E-state index contributed by atoms with van der Waals surface area (Å²) in [5.74, 6) is -1.50. The number of aliphatic carboxylic acids is 1. The molecule has 178 valence electrons. The number of nitrogens with one attached hydrogen (secondary N) is 1. The van der Waals surface area contributed by atoms with E-state index in [0.717, 1.165) is 16.8 Å². The lowest BCUT2D eigenvalue weighted by atomic mass is 10.1. The van der Waals surface area contributed by atoms with Gasteiger partial charge in [-0.3, -0.25) is 15.0 Å². The molecule has 1 atom stereocenters. The molecule has 1 saturated heterocycles. The van der Waals surface area contributed by atoms with Crippen molar-refractivity contribution in [2.45, 2.75) is 26.4 Å². The first-order valence-corrected chi connectivity index (χ1v) is 11.8. The van der Waals surface area contributed by atoms with Gasteiger partial charge in [0.25, 0.3) is 11.8 Å². The molecule has 0 aromatic heterocycles. The number of carboxylic acids is 1. The second-order valence-corrected chi connectivity index (χ2v) is 9.01. The molecule has 2 aromatic carbocycles. The van der Waals surface area contributed by atoms with Crippen LogP contribution in [0.1, 0.15) is 36.2 Å². The van der Waals surface area contributed by atoms with E-state index in [9.17, 15) is 19.5 Å². The van der Waals surface area contributed by atoms with Crippen LogP contribution in [0.5, 0.6) is 11.5 Å². The van der Waals surface area contributed by atoms with Crippen LogP contribution in [-0.4, -0.2) is 44.9 Å². The number of carbonyl (C=O) groups excluding carboxylic acids is 2. The van der Waals surface area contributed by atoms with Crippen LogP contribution in [-0.2, 0) is 9.59 Å². The smallest absolute Gasteiger partial charge is 0.344 e. The summed E-state index contributed by atoms with van der Waals surface area (Å²) in [6.45, 7) is 3.83. The van der Waals surface area contributed by atoms with Crippen molar-refractivity contribution in [2.75, 3.05) is 6.61 Å². The first-order valence-electron chi connectivity index (χ1n) is 10.2. The lowest BCUT2D eigenvalue weighted by molar-refractivity contribution is -0.145. The van der Waals surface area contributed by atoms with Gasteiger partial charge in [0.05, 0.1) is 22.1 Å². The molecule has 1 unspecified atom stereocenters. The van der Waals surface area contributed by atoms with E-state index in [1.807, 2.05) is 0 Å². The van der Waals surface area contributed by atoms with Gasteiger partial charge in [0, 0.05) is 0 Å². The van der Waals surface area contributed by atoms with Crippen LogP contribution < -0.4 is 14.9 Å². The Hall–Kier alpha value is -3.08. The van der Waals surface area contributed by atoms with E-state index in [-0.39, 0.29) is 32.0 Å². The maximum absolute atomic E-state index is 12.9. The van der Waals surface area contributed by atoms with Gasteiger partial charge in [-0.05, 0) is 61.5 Å². The topological polar surface area (TPSA) is 105 Å². The van der Waals surface area contributed by atoms with E-state index in [1.54, 1.807) is 56.3 Å². The van der Waals surface area contributed by atoms with Crippen LogP contribution in [0.3, 0.4) is 0 Å². The van der Waals surface area contributed by atoms with E-state index in [0.29, 0.717) is 17.9 Å². The average Bonchev–Trinajstić information content (AvgIpc) is 3.06. The van der Waals surface area contributed by atoms with Gasteiger partial charge in [0.2, 0.25) is 0 Å². The molecule has 2 amide bonds. The first-order chi connectivity index (χ1) is 16.2. The zero-order valence-corrected chi connectivity index (χ0v) is 20.6. The lowest BCUT2D eigenvalue weighted by Gasteiger charge is -2.17. The minimum atomic E-state index is -1.07. The minimum absolute atomic E-state index is 0.161. The SMILES string of the molecule is CCOc1cc(/C=C2/SC(=S)N(NC(=O)c3ccccc3Cl)C2=O)ccc1OC(CC)C(=O)O. The fourth-order valence-electron chi connectivity index (χ4n) is 2.96. The molecule has 1 aliphatic rings. The van der Waals surface area contributed by atoms with Gasteiger partial charge < -0.3 is 14.6 Å². The monoisotopic (exact) mass is 520 g/mol. The molecule has 3 rings (SSSR count). The van der Waals surface area contributed by atoms with E-state index in [1.165, 1.54) is 6.07 Å². The van der Waals surface area contributed by atoms with E-state index in [4.69, 9.17) is 33.3 Å². The van der Waals surface area contributed by atoms with E-state index >= 15 is 0 Å². The van der Waals surface area contributed by atoms with Gasteiger partial charge >= 0.3 is 5.97 Å². The highest BCUT2D eigenvalue weighted by Gasteiger charge is 2.34. The third-order valence-electron chi connectivity index (χ3n) is 4.61. The summed E-state index contributed by atoms with van der Waals surface area (Å²) in [5.41, 5.74) is 3.31. The zero-order valence-electron chi connectivity index (χ0n) is 18.2. The number of nitrogens with zero attached hydrogens (tertiary/aromatic N) is 1. The number of hydrogen-bond acceptors (Lipinski definition) is 7. The lowest BCUT2D eigenvalue weighted by Crippen LogP contribution is -2.44. The van der Waals surface area contributed by atoms with Crippen molar-refractivity contribution in [3.8, 4) is 11.5 Å².